The van der Waals surface area contributed by atoms with Crippen LogP contribution in [0, 0.1) is 11.8 Å². The number of hydrogen-bond acceptors (Lipinski definition) is 5. The van der Waals surface area contributed by atoms with Crippen LogP contribution in [-0.4, -0.2) is 66.9 Å². The van der Waals surface area contributed by atoms with E-state index in [2.05, 4.69) is 58.1 Å². The van der Waals surface area contributed by atoms with Gasteiger partial charge in [-0.1, -0.05) is 26.7 Å². The highest BCUT2D eigenvalue weighted by Gasteiger charge is 2.29. The van der Waals surface area contributed by atoms with E-state index in [0.717, 1.165) is 39.2 Å². The van der Waals surface area contributed by atoms with Crippen molar-refractivity contribution in [3.63, 3.8) is 0 Å². The van der Waals surface area contributed by atoms with Crippen LogP contribution in [0.25, 0.3) is 0 Å². The van der Waals surface area contributed by atoms with Gasteiger partial charge < -0.3 is 13.6 Å². The van der Waals surface area contributed by atoms with Crippen molar-refractivity contribution in [3.8, 4) is 0 Å². The Morgan fingerprint density at radius 3 is 2.00 bits per heavy atom. The number of hydrogen-bond donors (Lipinski definition) is 0. The first-order chi connectivity index (χ1) is 15.5. The molecule has 3 atom stereocenters. The minimum atomic E-state index is -1.51. The molecule has 1 fully saturated rings. The molecule has 0 N–H and O–H groups in total. The van der Waals surface area contributed by atoms with E-state index >= 15 is 0 Å². The van der Waals surface area contributed by atoms with E-state index in [9.17, 15) is 0 Å². The molecule has 7 heteroatoms. The van der Waals surface area contributed by atoms with Gasteiger partial charge in [0.05, 0.1) is 12.6 Å². The number of hydrazone groups is 1. The van der Waals surface area contributed by atoms with Crippen LogP contribution in [0.3, 0.4) is 0 Å². The van der Waals surface area contributed by atoms with E-state index in [0.29, 0.717) is 17.9 Å². The molecule has 0 spiro atoms. The predicted octanol–water partition coefficient (Wildman–Crippen LogP) is 7.16. The van der Waals surface area contributed by atoms with Gasteiger partial charge >= 0.3 is 0 Å². The van der Waals surface area contributed by atoms with Gasteiger partial charge in [-0.15, -0.1) is 0 Å². The van der Waals surface area contributed by atoms with E-state index in [1.54, 1.807) is 0 Å². The summed E-state index contributed by atoms with van der Waals surface area (Å²) in [5.41, 5.74) is 1.44. The molecular weight excluding hydrogens is 444 g/mol. The van der Waals surface area contributed by atoms with Crippen LogP contribution in [-0.2, 0) is 13.6 Å². The minimum Gasteiger partial charge on any atom is -0.418 e. The second-order valence-corrected chi connectivity index (χ2v) is 20.8. The molecule has 0 aromatic rings. The summed E-state index contributed by atoms with van der Waals surface area (Å²) in [5.74, 6) is 1.04. The van der Waals surface area contributed by atoms with Crippen molar-refractivity contribution in [3.05, 3.63) is 0 Å². The van der Waals surface area contributed by atoms with Crippen molar-refractivity contribution >= 4 is 22.3 Å². The van der Waals surface area contributed by atoms with Crippen LogP contribution < -0.4 is 0 Å². The molecule has 0 aromatic heterocycles. The maximum atomic E-state index is 6.30. The molecule has 0 aromatic carbocycles. The molecule has 1 rings (SSSR count). The number of nitrogens with zero attached hydrogens (tertiary/aromatic N) is 2. The van der Waals surface area contributed by atoms with E-state index in [1.165, 1.54) is 50.7 Å². The highest BCUT2D eigenvalue weighted by Crippen LogP contribution is 2.29. The van der Waals surface area contributed by atoms with E-state index in [-0.39, 0.29) is 0 Å². The molecule has 196 valence electrons. The molecular formula is C26H56N2O3Si2. The molecule has 0 aliphatic carbocycles. The van der Waals surface area contributed by atoms with Gasteiger partial charge in [0.25, 0.3) is 0 Å². The van der Waals surface area contributed by atoms with Gasteiger partial charge in [-0.2, -0.15) is 5.10 Å². The molecule has 33 heavy (non-hydrogen) atoms. The summed E-state index contributed by atoms with van der Waals surface area (Å²) in [7, 11) is -1.15. The van der Waals surface area contributed by atoms with Crippen LogP contribution in [0.4, 0.5) is 0 Å². The van der Waals surface area contributed by atoms with Gasteiger partial charge in [-0.05, 0) is 90.1 Å². The van der Waals surface area contributed by atoms with Crippen LogP contribution in [0.1, 0.15) is 71.6 Å². The highest BCUT2D eigenvalue weighted by molar-refractivity contribution is 6.70. The van der Waals surface area contributed by atoms with Gasteiger partial charge in [0.15, 0.2) is 16.6 Å². The zero-order chi connectivity index (χ0) is 24.9. The van der Waals surface area contributed by atoms with E-state index in [1.807, 2.05) is 7.11 Å². The maximum Gasteiger partial charge on any atom is 0.183 e. The quantitative estimate of drug-likeness (QED) is 0.114. The lowest BCUT2D eigenvalue weighted by molar-refractivity contribution is 0.116. The molecule has 1 aliphatic heterocycles. The largest absolute Gasteiger partial charge is 0.418 e. The fraction of sp³-hybridized carbons (Fsp3) is 0.962. The van der Waals surface area contributed by atoms with Crippen LogP contribution in [0.2, 0.25) is 39.3 Å². The van der Waals surface area contributed by atoms with Crippen molar-refractivity contribution in [2.24, 2.45) is 16.9 Å². The average molecular weight is 501 g/mol. The standard InChI is InChI=1S/C26H56N2O3Si2/c1-10-14-23(16-13-20-30-32(4,5)6)26(27-28-19-12-17-25(28)22-29-3)24(15-11-2)18-21-31-33(7,8)9/h23-25H,10-22H2,1-9H3/t23-,24-,25-/m0/s1. The third kappa shape index (κ3) is 13.5. The summed E-state index contributed by atoms with van der Waals surface area (Å²) in [4.78, 5) is 0. The maximum absolute atomic E-state index is 6.30. The van der Waals surface area contributed by atoms with Gasteiger partial charge in [-0.3, -0.25) is 5.01 Å². The summed E-state index contributed by atoms with van der Waals surface area (Å²) < 4.78 is 18.0. The Hall–Kier alpha value is -0.216. The highest BCUT2D eigenvalue weighted by atomic mass is 28.4. The molecule has 0 radical (unpaired) electrons. The fourth-order valence-corrected chi connectivity index (χ4v) is 6.24. The smallest absolute Gasteiger partial charge is 0.183 e. The van der Waals surface area contributed by atoms with Gasteiger partial charge in [0.2, 0.25) is 0 Å². The first-order valence-electron chi connectivity index (χ1n) is 13.6. The Balaban J connectivity index is 3.10. The number of rotatable bonds is 18. The van der Waals surface area contributed by atoms with Gasteiger partial charge in [0.1, 0.15) is 0 Å². The lowest BCUT2D eigenvalue weighted by Crippen LogP contribution is -2.35. The molecule has 1 aliphatic rings. The molecule has 0 saturated carbocycles. The first kappa shape index (κ1) is 30.8. The second-order valence-electron chi connectivity index (χ2n) is 11.8. The third-order valence-electron chi connectivity index (χ3n) is 6.29. The Morgan fingerprint density at radius 1 is 0.879 bits per heavy atom. The first-order valence-corrected chi connectivity index (χ1v) is 20.4. The van der Waals surface area contributed by atoms with Crippen molar-refractivity contribution in [1.82, 2.24) is 5.01 Å². The number of methoxy groups -OCH3 is 1. The van der Waals surface area contributed by atoms with Gasteiger partial charge in [0, 0.05) is 38.5 Å². The zero-order valence-corrected chi connectivity index (χ0v) is 25.5. The summed E-state index contributed by atoms with van der Waals surface area (Å²) in [6, 6.07) is 0.419. The lowest BCUT2D eigenvalue weighted by atomic mass is 9.82. The normalized spacial score (nSPS) is 19.8. The Kier molecular flexibility index (Phi) is 14.7. The molecule has 0 amide bonds. The Morgan fingerprint density at radius 2 is 1.45 bits per heavy atom. The summed E-state index contributed by atoms with van der Waals surface area (Å²) in [5, 5.41) is 7.81. The van der Waals surface area contributed by atoms with Crippen molar-refractivity contribution < 1.29 is 13.6 Å². The molecule has 0 bridgehead atoms. The molecule has 1 saturated heterocycles. The summed E-state index contributed by atoms with van der Waals surface area (Å²) >= 11 is 0. The third-order valence-corrected chi connectivity index (χ3v) is 8.43. The van der Waals surface area contributed by atoms with E-state index < -0.39 is 16.6 Å². The second kappa shape index (κ2) is 15.7. The van der Waals surface area contributed by atoms with Gasteiger partial charge in [-0.25, -0.2) is 0 Å². The van der Waals surface area contributed by atoms with E-state index in [4.69, 9.17) is 18.7 Å². The summed E-state index contributed by atoms with van der Waals surface area (Å²) in [6.07, 6.45) is 10.6. The molecule has 5 nitrogen and oxygen atoms in total. The average Bonchev–Trinajstić information content (AvgIpc) is 3.13. The van der Waals surface area contributed by atoms with Crippen LogP contribution >= 0.6 is 0 Å². The predicted molar refractivity (Wildman–Crippen MR) is 148 cm³/mol. The fourth-order valence-electron chi connectivity index (χ4n) is 4.75. The van der Waals surface area contributed by atoms with Crippen LogP contribution in [0.15, 0.2) is 5.10 Å². The van der Waals surface area contributed by atoms with Crippen molar-refractivity contribution in [2.45, 2.75) is 117 Å². The Labute approximate surface area is 208 Å². The Bertz CT molecular complexity index is 547. The lowest BCUT2D eigenvalue weighted by Gasteiger charge is -2.31. The number of ether oxygens (including phenoxy) is 1. The SMILES string of the molecule is CCC[C@@H](CCCO[Si](C)(C)C)C(=NN1CCC[C@H]1COC)[C@@H](CCC)CCO[Si](C)(C)C. The molecule has 0 unspecified atom stereocenters. The topological polar surface area (TPSA) is 43.3 Å². The zero-order valence-electron chi connectivity index (χ0n) is 23.5. The molecule has 1 heterocycles. The van der Waals surface area contributed by atoms with Crippen LogP contribution in [0.5, 0.6) is 0 Å². The van der Waals surface area contributed by atoms with Crippen molar-refractivity contribution in [1.29, 1.82) is 0 Å². The van der Waals surface area contributed by atoms with Crippen molar-refractivity contribution in [2.75, 3.05) is 33.5 Å². The summed E-state index contributed by atoms with van der Waals surface area (Å²) in [6.45, 7) is 21.9. The minimum absolute atomic E-state index is 0.419. The monoisotopic (exact) mass is 500 g/mol.